The van der Waals surface area contributed by atoms with Gasteiger partial charge in [-0.15, -0.1) is 0 Å². The van der Waals surface area contributed by atoms with Crippen molar-refractivity contribution in [3.05, 3.63) is 69.4 Å². The highest BCUT2D eigenvalue weighted by molar-refractivity contribution is 7.90. The summed E-state index contributed by atoms with van der Waals surface area (Å²) in [7, 11) is -2.01. The largest absolute Gasteiger partial charge is 0.491 e. The smallest absolute Gasteiger partial charge is 0.328 e. The van der Waals surface area contributed by atoms with Gasteiger partial charge in [0.15, 0.2) is 11.4 Å². The lowest BCUT2D eigenvalue weighted by Crippen LogP contribution is -2.29. The topological polar surface area (TPSA) is 116 Å². The Kier molecular flexibility index (Phi) is 6.90. The molecular formula is C26H30N4O5S. The Morgan fingerprint density at radius 2 is 1.81 bits per heavy atom. The quantitative estimate of drug-likeness (QED) is 0.384. The van der Waals surface area contributed by atoms with Gasteiger partial charge in [0.25, 0.3) is 5.88 Å². The number of fused-ring (bicyclic) bond motifs is 1. The molecule has 0 fully saturated rings. The van der Waals surface area contributed by atoms with Gasteiger partial charge < -0.3 is 14.5 Å². The molecular weight excluding hydrogens is 480 g/mol. The van der Waals surface area contributed by atoms with Crippen molar-refractivity contribution in [2.75, 3.05) is 25.7 Å². The van der Waals surface area contributed by atoms with Crippen LogP contribution in [0.3, 0.4) is 0 Å². The van der Waals surface area contributed by atoms with Gasteiger partial charge in [-0.25, -0.2) is 23.2 Å². The number of benzene rings is 1. The van der Waals surface area contributed by atoms with Gasteiger partial charge >= 0.3 is 5.69 Å². The fraction of sp³-hybridized carbons (Fsp3) is 0.346. The molecule has 0 spiro atoms. The van der Waals surface area contributed by atoms with Crippen LogP contribution in [-0.4, -0.2) is 53.7 Å². The number of imidazole rings is 1. The van der Waals surface area contributed by atoms with Crippen LogP contribution in [0.4, 0.5) is 0 Å². The van der Waals surface area contributed by atoms with E-state index >= 15 is 0 Å². The van der Waals surface area contributed by atoms with Crippen LogP contribution >= 0.6 is 0 Å². The second-order valence-electron chi connectivity index (χ2n) is 8.85. The van der Waals surface area contributed by atoms with Crippen molar-refractivity contribution >= 4 is 21.0 Å². The van der Waals surface area contributed by atoms with Crippen LogP contribution in [-0.2, 0) is 9.84 Å². The number of hydrogen-bond acceptors (Lipinski definition) is 7. The predicted molar refractivity (Wildman–Crippen MR) is 140 cm³/mol. The highest BCUT2D eigenvalue weighted by Gasteiger charge is 2.27. The Morgan fingerprint density at radius 3 is 2.42 bits per heavy atom. The van der Waals surface area contributed by atoms with Crippen molar-refractivity contribution in [3.8, 4) is 22.8 Å². The lowest BCUT2D eigenvalue weighted by molar-refractivity contribution is 0.296. The molecule has 36 heavy (non-hydrogen) atoms. The van der Waals surface area contributed by atoms with E-state index in [1.807, 2.05) is 45.9 Å². The molecule has 3 aromatic heterocycles. The molecule has 190 valence electrons. The Morgan fingerprint density at radius 1 is 1.11 bits per heavy atom. The summed E-state index contributed by atoms with van der Waals surface area (Å²) in [6.07, 6.45) is 2.87. The van der Waals surface area contributed by atoms with E-state index in [0.29, 0.717) is 29.2 Å². The Bertz CT molecular complexity index is 1580. The number of nitrogens with one attached hydrogen (secondary N) is 1. The number of nitrogens with zero attached hydrogens (tertiary/aromatic N) is 3. The lowest BCUT2D eigenvalue weighted by Gasteiger charge is -2.19. The molecule has 4 aromatic rings. The number of H-pyrrole nitrogens is 1. The summed E-state index contributed by atoms with van der Waals surface area (Å²) in [5, 5.41) is 0. The van der Waals surface area contributed by atoms with Gasteiger partial charge in [0.05, 0.1) is 36.7 Å². The maximum atomic E-state index is 13.3. The monoisotopic (exact) mass is 510 g/mol. The number of sulfone groups is 1. The Balaban J connectivity index is 1.95. The first-order chi connectivity index (χ1) is 17.1. The van der Waals surface area contributed by atoms with E-state index in [9.17, 15) is 13.2 Å². The molecule has 0 saturated heterocycles. The molecule has 0 unspecified atom stereocenters. The molecule has 0 bridgehead atoms. The number of methoxy groups -OCH3 is 1. The second-order valence-corrected chi connectivity index (χ2v) is 11.0. The average molecular weight is 511 g/mol. The van der Waals surface area contributed by atoms with Crippen LogP contribution in [0, 0.1) is 20.8 Å². The van der Waals surface area contributed by atoms with Gasteiger partial charge in [0.2, 0.25) is 0 Å². The fourth-order valence-electron chi connectivity index (χ4n) is 4.57. The van der Waals surface area contributed by atoms with E-state index in [1.165, 1.54) is 11.7 Å². The highest BCUT2D eigenvalue weighted by Crippen LogP contribution is 2.34. The number of aryl methyl sites for hydroxylation is 3. The van der Waals surface area contributed by atoms with Crippen LogP contribution in [0.5, 0.6) is 11.6 Å². The van der Waals surface area contributed by atoms with E-state index in [0.717, 1.165) is 34.1 Å². The number of aromatic nitrogens is 4. The van der Waals surface area contributed by atoms with Gasteiger partial charge in [-0.05, 0) is 62.1 Å². The van der Waals surface area contributed by atoms with Crippen molar-refractivity contribution in [1.82, 2.24) is 19.5 Å². The van der Waals surface area contributed by atoms with Crippen molar-refractivity contribution in [2.45, 2.75) is 33.7 Å². The lowest BCUT2D eigenvalue weighted by atomic mass is 9.94. The van der Waals surface area contributed by atoms with Crippen molar-refractivity contribution in [1.29, 1.82) is 0 Å². The summed E-state index contributed by atoms with van der Waals surface area (Å²) in [5.41, 5.74) is 5.81. The van der Waals surface area contributed by atoms with Gasteiger partial charge in [-0.2, -0.15) is 0 Å². The van der Waals surface area contributed by atoms with Crippen LogP contribution in [0.15, 0.2) is 41.3 Å². The molecule has 0 aliphatic heterocycles. The minimum atomic E-state index is -3.51. The first kappa shape index (κ1) is 25.4. The molecule has 10 heteroatoms. The summed E-state index contributed by atoms with van der Waals surface area (Å²) in [6.45, 7) is 8.15. The number of pyridine rings is 2. The summed E-state index contributed by atoms with van der Waals surface area (Å²) >= 11 is 0. The van der Waals surface area contributed by atoms with Crippen molar-refractivity contribution < 1.29 is 17.9 Å². The van der Waals surface area contributed by atoms with Gasteiger partial charge in [0, 0.05) is 18.0 Å². The minimum Gasteiger partial charge on any atom is -0.491 e. The summed E-state index contributed by atoms with van der Waals surface area (Å²) in [4.78, 5) is 25.4. The molecule has 1 aromatic carbocycles. The fourth-order valence-corrected chi connectivity index (χ4v) is 5.46. The summed E-state index contributed by atoms with van der Waals surface area (Å²) in [5.74, 6) is 0.298. The first-order valence-electron chi connectivity index (χ1n) is 11.6. The summed E-state index contributed by atoms with van der Waals surface area (Å²) < 4.78 is 37.2. The number of aromatic amines is 1. The standard InChI is InChI=1S/C26H30N4O5S/c1-7-35-25-21(34-5)12-11-19(28-25)20(14-36(6,32)33)30-24-23(29-26(30)31)17(4)18(13-27-24)22-15(2)9-8-10-16(22)3/h8-13,20H,7,14H2,1-6H3,(H,29,31)/t20-/m1/s1. The number of hydrogen-bond donors (Lipinski definition) is 1. The van der Waals surface area contributed by atoms with E-state index < -0.39 is 21.6 Å². The van der Waals surface area contributed by atoms with Crippen molar-refractivity contribution in [2.24, 2.45) is 0 Å². The average Bonchev–Trinajstić information content (AvgIpc) is 3.15. The Labute approximate surface area is 210 Å². The molecule has 4 rings (SSSR count). The molecule has 0 saturated carbocycles. The molecule has 1 atom stereocenters. The first-order valence-corrected chi connectivity index (χ1v) is 13.6. The zero-order chi connectivity index (χ0) is 26.2. The van der Waals surface area contributed by atoms with Crippen LogP contribution < -0.4 is 15.2 Å². The Hall–Kier alpha value is -3.66. The maximum absolute atomic E-state index is 13.3. The zero-order valence-electron chi connectivity index (χ0n) is 21.2. The molecule has 0 radical (unpaired) electrons. The number of ether oxygens (including phenoxy) is 2. The molecule has 0 amide bonds. The molecule has 3 heterocycles. The van der Waals surface area contributed by atoms with Crippen molar-refractivity contribution in [3.63, 3.8) is 0 Å². The van der Waals surface area contributed by atoms with E-state index in [4.69, 9.17) is 9.47 Å². The van der Waals surface area contributed by atoms with Gasteiger partial charge in [0.1, 0.15) is 9.84 Å². The third kappa shape index (κ3) is 4.73. The molecule has 0 aliphatic rings. The minimum absolute atomic E-state index is 0.227. The normalized spacial score (nSPS) is 12.6. The molecule has 0 aliphatic carbocycles. The molecule has 1 N–H and O–H groups in total. The van der Waals surface area contributed by atoms with E-state index in [2.05, 4.69) is 15.0 Å². The third-order valence-electron chi connectivity index (χ3n) is 6.21. The molecule has 9 nitrogen and oxygen atoms in total. The SMILES string of the molecule is CCOc1nc([C@@H](CS(C)(=O)=O)n2c(=O)[nH]c3c(C)c(-c4c(C)cccc4C)cnc32)ccc1OC. The maximum Gasteiger partial charge on any atom is 0.328 e. The predicted octanol–water partition coefficient (Wildman–Crippen LogP) is 3.75. The van der Waals surface area contributed by atoms with Crippen LogP contribution in [0.25, 0.3) is 22.3 Å². The van der Waals surface area contributed by atoms with Crippen LogP contribution in [0.2, 0.25) is 0 Å². The van der Waals surface area contributed by atoms with Gasteiger partial charge in [-0.3, -0.25) is 4.57 Å². The van der Waals surface area contributed by atoms with Gasteiger partial charge in [-0.1, -0.05) is 18.2 Å². The number of rotatable bonds is 8. The third-order valence-corrected chi connectivity index (χ3v) is 7.13. The zero-order valence-corrected chi connectivity index (χ0v) is 22.1. The van der Waals surface area contributed by atoms with E-state index in [-0.39, 0.29) is 11.6 Å². The van der Waals surface area contributed by atoms with E-state index in [1.54, 1.807) is 18.3 Å². The summed E-state index contributed by atoms with van der Waals surface area (Å²) in [6, 6.07) is 8.44. The van der Waals surface area contributed by atoms with Crippen LogP contribution in [0.1, 0.15) is 35.3 Å². The highest BCUT2D eigenvalue weighted by atomic mass is 32.2. The second kappa shape index (κ2) is 9.77.